The van der Waals surface area contributed by atoms with Crippen molar-refractivity contribution < 1.29 is 0 Å². The second-order valence-electron chi connectivity index (χ2n) is 2.39. The maximum absolute atomic E-state index is 8.44. The smallest absolute Gasteiger partial charge is 0.0669 e. The van der Waals surface area contributed by atoms with Gasteiger partial charge in [0, 0.05) is 5.02 Å². The van der Waals surface area contributed by atoms with E-state index in [9.17, 15) is 0 Å². The standard InChI is InChI=1S/C10H8ClN/c1-2-9-7-8(5-6-12)3-4-10(9)11/h2-4,7H,1,5H2. The van der Waals surface area contributed by atoms with Gasteiger partial charge in [0.05, 0.1) is 12.5 Å². The normalized spacial score (nSPS) is 9.00. The van der Waals surface area contributed by atoms with Crippen LogP contribution >= 0.6 is 11.6 Å². The van der Waals surface area contributed by atoms with Gasteiger partial charge in [-0.1, -0.05) is 30.3 Å². The molecule has 0 heterocycles. The molecule has 0 spiro atoms. The largest absolute Gasteiger partial charge is 0.198 e. The number of nitrogens with zero attached hydrogens (tertiary/aromatic N) is 1. The number of benzene rings is 1. The molecule has 2 heteroatoms. The fourth-order valence-electron chi connectivity index (χ4n) is 0.951. The zero-order valence-electron chi connectivity index (χ0n) is 6.55. The van der Waals surface area contributed by atoms with Crippen LogP contribution in [0.2, 0.25) is 5.02 Å². The van der Waals surface area contributed by atoms with E-state index < -0.39 is 0 Å². The molecule has 1 rings (SSSR count). The van der Waals surface area contributed by atoms with E-state index in [1.807, 2.05) is 12.1 Å². The number of nitriles is 1. The summed E-state index contributed by atoms with van der Waals surface area (Å²) >= 11 is 5.84. The maximum atomic E-state index is 8.44. The Kier molecular flexibility index (Phi) is 2.90. The Hall–Kier alpha value is -1.26. The van der Waals surface area contributed by atoms with E-state index >= 15 is 0 Å². The Morgan fingerprint density at radius 2 is 2.33 bits per heavy atom. The van der Waals surface area contributed by atoms with Crippen LogP contribution in [-0.2, 0) is 6.42 Å². The Bertz CT molecular complexity index is 336. The molecule has 0 bridgehead atoms. The Morgan fingerprint density at radius 3 is 2.92 bits per heavy atom. The van der Waals surface area contributed by atoms with Gasteiger partial charge in [-0.3, -0.25) is 0 Å². The minimum atomic E-state index is 0.415. The van der Waals surface area contributed by atoms with Crippen molar-refractivity contribution in [1.82, 2.24) is 0 Å². The minimum Gasteiger partial charge on any atom is -0.198 e. The molecule has 0 saturated carbocycles. The second-order valence-corrected chi connectivity index (χ2v) is 2.80. The first-order valence-electron chi connectivity index (χ1n) is 3.55. The monoisotopic (exact) mass is 177 g/mol. The van der Waals surface area contributed by atoms with E-state index in [4.69, 9.17) is 16.9 Å². The predicted molar refractivity (Wildman–Crippen MR) is 50.9 cm³/mol. The van der Waals surface area contributed by atoms with Crippen molar-refractivity contribution >= 4 is 17.7 Å². The highest BCUT2D eigenvalue weighted by molar-refractivity contribution is 6.32. The Morgan fingerprint density at radius 1 is 1.58 bits per heavy atom. The molecule has 0 saturated heterocycles. The molecule has 1 nitrogen and oxygen atoms in total. The second kappa shape index (κ2) is 3.94. The van der Waals surface area contributed by atoms with Crippen molar-refractivity contribution in [2.24, 2.45) is 0 Å². The van der Waals surface area contributed by atoms with Gasteiger partial charge in [0.15, 0.2) is 0 Å². The summed E-state index contributed by atoms with van der Waals surface area (Å²) < 4.78 is 0. The first-order chi connectivity index (χ1) is 5.77. The third kappa shape index (κ3) is 1.87. The summed E-state index contributed by atoms with van der Waals surface area (Å²) in [6.45, 7) is 3.63. The van der Waals surface area contributed by atoms with Crippen molar-refractivity contribution in [2.45, 2.75) is 6.42 Å². The third-order valence-electron chi connectivity index (χ3n) is 1.56. The highest BCUT2D eigenvalue weighted by atomic mass is 35.5. The number of rotatable bonds is 2. The SMILES string of the molecule is C=Cc1cc(CC#N)ccc1Cl. The molecule has 0 aliphatic rings. The molecule has 0 aliphatic carbocycles. The summed E-state index contributed by atoms with van der Waals surface area (Å²) in [4.78, 5) is 0. The zero-order chi connectivity index (χ0) is 8.97. The molecule has 0 amide bonds. The molecule has 60 valence electrons. The van der Waals surface area contributed by atoms with Crippen LogP contribution in [0, 0.1) is 11.3 Å². The Labute approximate surface area is 76.9 Å². The fraction of sp³-hybridized carbons (Fsp3) is 0.100. The molecule has 0 radical (unpaired) electrons. The van der Waals surface area contributed by atoms with Gasteiger partial charge in [-0.15, -0.1) is 0 Å². The summed E-state index contributed by atoms with van der Waals surface area (Å²) in [5.74, 6) is 0. The van der Waals surface area contributed by atoms with Crippen molar-refractivity contribution in [3.05, 3.63) is 40.9 Å². The van der Waals surface area contributed by atoms with Crippen LogP contribution < -0.4 is 0 Å². The summed E-state index contributed by atoms with van der Waals surface area (Å²) in [5, 5.41) is 9.12. The number of halogens is 1. The molecule has 0 N–H and O–H groups in total. The topological polar surface area (TPSA) is 23.8 Å². The fourth-order valence-corrected chi connectivity index (χ4v) is 1.15. The summed E-state index contributed by atoms with van der Waals surface area (Å²) in [6, 6.07) is 7.58. The molecule has 1 aromatic rings. The van der Waals surface area contributed by atoms with Crippen LogP contribution in [0.15, 0.2) is 24.8 Å². The molecular weight excluding hydrogens is 170 g/mol. The first kappa shape index (κ1) is 8.83. The lowest BCUT2D eigenvalue weighted by Gasteiger charge is -1.99. The lowest BCUT2D eigenvalue weighted by Crippen LogP contribution is -1.83. The molecule has 0 fully saturated rings. The van der Waals surface area contributed by atoms with E-state index in [0.29, 0.717) is 11.4 Å². The van der Waals surface area contributed by atoms with E-state index in [0.717, 1.165) is 11.1 Å². The van der Waals surface area contributed by atoms with E-state index in [1.54, 1.807) is 12.1 Å². The molecule has 0 aliphatic heterocycles. The first-order valence-corrected chi connectivity index (χ1v) is 3.93. The van der Waals surface area contributed by atoms with Crippen LogP contribution in [0.1, 0.15) is 11.1 Å². The van der Waals surface area contributed by atoms with Gasteiger partial charge in [0.25, 0.3) is 0 Å². The average molecular weight is 178 g/mol. The van der Waals surface area contributed by atoms with E-state index in [-0.39, 0.29) is 0 Å². The molecule has 12 heavy (non-hydrogen) atoms. The van der Waals surface area contributed by atoms with Gasteiger partial charge < -0.3 is 0 Å². The van der Waals surface area contributed by atoms with Crippen molar-refractivity contribution in [3.8, 4) is 6.07 Å². The van der Waals surface area contributed by atoms with Gasteiger partial charge in [0.1, 0.15) is 0 Å². The van der Waals surface area contributed by atoms with Crippen molar-refractivity contribution in [2.75, 3.05) is 0 Å². The molecule has 0 aromatic heterocycles. The predicted octanol–water partition coefficient (Wildman–Crippen LogP) is 3.05. The van der Waals surface area contributed by atoms with Crippen LogP contribution in [0.3, 0.4) is 0 Å². The summed E-state index contributed by atoms with van der Waals surface area (Å²) in [5.41, 5.74) is 1.85. The van der Waals surface area contributed by atoms with Crippen LogP contribution in [0.4, 0.5) is 0 Å². The zero-order valence-corrected chi connectivity index (χ0v) is 7.30. The van der Waals surface area contributed by atoms with Crippen LogP contribution in [0.5, 0.6) is 0 Å². The number of hydrogen-bond donors (Lipinski definition) is 0. The van der Waals surface area contributed by atoms with Gasteiger partial charge in [-0.2, -0.15) is 5.26 Å². The van der Waals surface area contributed by atoms with Gasteiger partial charge in [0.2, 0.25) is 0 Å². The van der Waals surface area contributed by atoms with Gasteiger partial charge >= 0.3 is 0 Å². The van der Waals surface area contributed by atoms with Crippen LogP contribution in [0.25, 0.3) is 6.08 Å². The van der Waals surface area contributed by atoms with Crippen LogP contribution in [-0.4, -0.2) is 0 Å². The average Bonchev–Trinajstić information content (AvgIpc) is 2.09. The molecule has 1 aromatic carbocycles. The molecule has 0 atom stereocenters. The quantitative estimate of drug-likeness (QED) is 0.681. The van der Waals surface area contributed by atoms with E-state index in [1.165, 1.54) is 0 Å². The summed E-state index contributed by atoms with van der Waals surface area (Å²) in [6.07, 6.45) is 2.10. The van der Waals surface area contributed by atoms with Crippen molar-refractivity contribution in [1.29, 1.82) is 5.26 Å². The highest BCUT2D eigenvalue weighted by Gasteiger charge is 1.97. The van der Waals surface area contributed by atoms with E-state index in [2.05, 4.69) is 12.6 Å². The lowest BCUT2D eigenvalue weighted by atomic mass is 10.1. The summed E-state index contributed by atoms with van der Waals surface area (Å²) in [7, 11) is 0. The third-order valence-corrected chi connectivity index (χ3v) is 1.91. The Balaban J connectivity index is 3.06. The molecular formula is C10H8ClN. The van der Waals surface area contributed by atoms with Gasteiger partial charge in [-0.05, 0) is 23.3 Å². The lowest BCUT2D eigenvalue weighted by molar-refractivity contribution is 1.26. The minimum absolute atomic E-state index is 0.415. The highest BCUT2D eigenvalue weighted by Crippen LogP contribution is 2.18. The number of hydrogen-bond acceptors (Lipinski definition) is 1. The maximum Gasteiger partial charge on any atom is 0.0669 e. The molecule has 0 unspecified atom stereocenters. The van der Waals surface area contributed by atoms with Crippen molar-refractivity contribution in [3.63, 3.8) is 0 Å². The van der Waals surface area contributed by atoms with Gasteiger partial charge in [-0.25, -0.2) is 0 Å².